The van der Waals surface area contributed by atoms with Crippen LogP contribution in [0.1, 0.15) is 73.0 Å². The van der Waals surface area contributed by atoms with Gasteiger partial charge in [-0.3, -0.25) is 0 Å². The van der Waals surface area contributed by atoms with E-state index < -0.39 is 42.1 Å². The second-order valence-electron chi connectivity index (χ2n) is 11.3. The smallest absolute Gasteiger partial charge is 0.190 e. The van der Waals surface area contributed by atoms with Crippen molar-refractivity contribution in [2.45, 2.75) is 115 Å². The first-order valence-electron chi connectivity index (χ1n) is 12.7. The molecule has 200 valence electrons. The van der Waals surface area contributed by atoms with E-state index in [0.717, 1.165) is 12.0 Å². The third kappa shape index (κ3) is 7.94. The van der Waals surface area contributed by atoms with Gasteiger partial charge in [-0.1, -0.05) is 30.3 Å². The fourth-order valence-corrected chi connectivity index (χ4v) is 4.47. The molecule has 0 bridgehead atoms. The molecule has 3 N–H and O–H groups in total. The molecule has 2 saturated heterocycles. The molecule has 2 fully saturated rings. The Kier molecular flexibility index (Phi) is 9.37. The van der Waals surface area contributed by atoms with Crippen molar-refractivity contribution in [1.29, 1.82) is 0 Å². The number of ether oxygens (including phenoxy) is 6. The zero-order valence-corrected chi connectivity index (χ0v) is 22.4. The Morgan fingerprint density at radius 2 is 1.69 bits per heavy atom. The summed E-state index contributed by atoms with van der Waals surface area (Å²) in [5, 5.41) is 11.1. The van der Waals surface area contributed by atoms with Gasteiger partial charge < -0.3 is 39.3 Å². The Bertz CT molecular complexity index is 785. The average molecular weight is 496 g/mol. The third-order valence-corrected chi connectivity index (χ3v) is 6.65. The number of rotatable bonds is 13. The monoisotopic (exact) mass is 495 g/mol. The van der Waals surface area contributed by atoms with Crippen molar-refractivity contribution in [2.24, 2.45) is 5.73 Å². The third-order valence-electron chi connectivity index (χ3n) is 6.65. The maximum Gasteiger partial charge on any atom is 0.190 e. The number of aliphatic hydroxyl groups is 1. The lowest BCUT2D eigenvalue weighted by Gasteiger charge is -2.34. The molecule has 1 aromatic carbocycles. The van der Waals surface area contributed by atoms with Crippen LogP contribution in [0.25, 0.3) is 0 Å². The van der Waals surface area contributed by atoms with Gasteiger partial charge in [0.15, 0.2) is 12.1 Å². The largest absolute Gasteiger partial charge is 0.387 e. The van der Waals surface area contributed by atoms with Crippen LogP contribution in [0.15, 0.2) is 30.3 Å². The van der Waals surface area contributed by atoms with Crippen molar-refractivity contribution in [3.63, 3.8) is 0 Å². The molecular weight excluding hydrogens is 450 g/mol. The molecule has 2 aliphatic rings. The minimum absolute atomic E-state index is 0.220. The zero-order chi connectivity index (χ0) is 25.9. The van der Waals surface area contributed by atoms with Crippen LogP contribution in [-0.2, 0) is 28.4 Å². The summed E-state index contributed by atoms with van der Waals surface area (Å²) in [4.78, 5) is 0. The minimum Gasteiger partial charge on any atom is -0.387 e. The predicted molar refractivity (Wildman–Crippen MR) is 133 cm³/mol. The van der Waals surface area contributed by atoms with E-state index in [1.165, 1.54) is 0 Å². The van der Waals surface area contributed by atoms with Gasteiger partial charge >= 0.3 is 0 Å². The molecule has 8 heteroatoms. The second-order valence-corrected chi connectivity index (χ2v) is 11.3. The second kappa shape index (κ2) is 11.5. The van der Waals surface area contributed by atoms with E-state index >= 15 is 0 Å². The molecule has 1 aromatic rings. The molecule has 0 aromatic heterocycles. The van der Waals surface area contributed by atoms with E-state index in [1.807, 2.05) is 78.8 Å². The molecule has 0 amide bonds. The van der Waals surface area contributed by atoms with E-state index in [0.29, 0.717) is 19.6 Å². The summed E-state index contributed by atoms with van der Waals surface area (Å²) in [5.41, 5.74) is 5.99. The highest BCUT2D eigenvalue weighted by atomic mass is 16.8. The molecule has 2 aliphatic heterocycles. The number of benzene rings is 1. The first kappa shape index (κ1) is 28.5. The molecule has 0 radical (unpaired) electrons. The van der Waals surface area contributed by atoms with Gasteiger partial charge in [-0.2, -0.15) is 0 Å². The van der Waals surface area contributed by atoms with Crippen molar-refractivity contribution in [3.8, 4) is 0 Å². The molecule has 6 atom stereocenters. The van der Waals surface area contributed by atoms with Crippen molar-refractivity contribution < 1.29 is 33.5 Å². The van der Waals surface area contributed by atoms with Gasteiger partial charge in [-0.15, -0.1) is 0 Å². The van der Waals surface area contributed by atoms with Crippen LogP contribution < -0.4 is 5.73 Å². The molecular formula is C27H45NO7. The van der Waals surface area contributed by atoms with Crippen LogP contribution in [0, 0.1) is 0 Å². The Morgan fingerprint density at radius 3 is 2.31 bits per heavy atom. The highest BCUT2D eigenvalue weighted by Crippen LogP contribution is 2.39. The SMILES string of the molecule is CC(OC(COC(C)(C)CCOC(C)(C)CCN)[C@H]1O[C@@H]2OC(C)(C)OC2C1O)c1ccccc1. The van der Waals surface area contributed by atoms with Crippen LogP contribution in [0.2, 0.25) is 0 Å². The first-order chi connectivity index (χ1) is 16.3. The van der Waals surface area contributed by atoms with Gasteiger partial charge in [-0.25, -0.2) is 0 Å². The standard InChI is InChI=1S/C27H45NO7/c1-18(19-11-9-8-10-12-19)32-20(22-21(29)23-24(33-22)35-27(6,7)34-23)17-31-26(4,5)14-16-30-25(2,3)13-15-28/h8-12,18,20-24,29H,13-17,28H2,1-7H3/t18?,20?,21?,22-,23?,24-/m1/s1. The van der Waals surface area contributed by atoms with Crippen molar-refractivity contribution in [1.82, 2.24) is 0 Å². The Hall–Kier alpha value is -1.10. The number of hydrogen-bond acceptors (Lipinski definition) is 8. The summed E-state index contributed by atoms with van der Waals surface area (Å²) in [7, 11) is 0. The first-order valence-corrected chi connectivity index (χ1v) is 12.7. The van der Waals surface area contributed by atoms with Crippen molar-refractivity contribution in [2.75, 3.05) is 19.8 Å². The minimum atomic E-state index is -0.901. The number of fused-ring (bicyclic) bond motifs is 1. The topological polar surface area (TPSA) is 102 Å². The van der Waals surface area contributed by atoms with Gasteiger partial charge in [0.05, 0.1) is 30.5 Å². The lowest BCUT2D eigenvalue weighted by Crippen LogP contribution is -2.46. The Morgan fingerprint density at radius 1 is 1.03 bits per heavy atom. The van der Waals surface area contributed by atoms with Crippen LogP contribution in [0.4, 0.5) is 0 Å². The molecule has 0 saturated carbocycles. The molecule has 2 heterocycles. The highest BCUT2D eigenvalue weighted by molar-refractivity contribution is 5.17. The fraction of sp³-hybridized carbons (Fsp3) is 0.778. The van der Waals surface area contributed by atoms with Crippen LogP contribution in [-0.4, -0.2) is 72.6 Å². The summed E-state index contributed by atoms with van der Waals surface area (Å²) in [6, 6.07) is 9.96. The van der Waals surface area contributed by atoms with E-state index in [4.69, 9.17) is 34.2 Å². The van der Waals surface area contributed by atoms with Crippen LogP contribution in [0.5, 0.6) is 0 Å². The lowest BCUT2D eigenvalue weighted by molar-refractivity contribution is -0.239. The summed E-state index contributed by atoms with van der Waals surface area (Å²) in [6.45, 7) is 15.1. The maximum atomic E-state index is 11.1. The zero-order valence-electron chi connectivity index (χ0n) is 22.4. The number of aliphatic hydroxyl groups excluding tert-OH is 1. The summed E-state index contributed by atoms with van der Waals surface area (Å²) in [6.07, 6.45) is -2.03. The van der Waals surface area contributed by atoms with E-state index in [-0.39, 0.29) is 18.3 Å². The fourth-order valence-electron chi connectivity index (χ4n) is 4.47. The number of hydrogen-bond donors (Lipinski definition) is 2. The molecule has 4 unspecified atom stereocenters. The molecule has 35 heavy (non-hydrogen) atoms. The summed E-state index contributed by atoms with van der Waals surface area (Å²) in [5.74, 6) is -0.800. The van der Waals surface area contributed by atoms with Crippen LogP contribution >= 0.6 is 0 Å². The van der Waals surface area contributed by atoms with E-state index in [1.54, 1.807) is 0 Å². The van der Waals surface area contributed by atoms with Gasteiger partial charge in [0.1, 0.15) is 24.4 Å². The highest BCUT2D eigenvalue weighted by Gasteiger charge is 2.56. The van der Waals surface area contributed by atoms with Crippen molar-refractivity contribution in [3.05, 3.63) is 35.9 Å². The number of nitrogens with two attached hydrogens (primary N) is 1. The van der Waals surface area contributed by atoms with Crippen LogP contribution in [0.3, 0.4) is 0 Å². The van der Waals surface area contributed by atoms with Gasteiger partial charge in [0, 0.05) is 0 Å². The molecule has 0 aliphatic carbocycles. The predicted octanol–water partition coefficient (Wildman–Crippen LogP) is 3.70. The maximum absolute atomic E-state index is 11.1. The summed E-state index contributed by atoms with van der Waals surface area (Å²) >= 11 is 0. The normalized spacial score (nSPS) is 28.1. The van der Waals surface area contributed by atoms with Gasteiger partial charge in [0.25, 0.3) is 0 Å². The van der Waals surface area contributed by atoms with Crippen molar-refractivity contribution >= 4 is 0 Å². The Balaban J connectivity index is 1.64. The average Bonchev–Trinajstić information content (AvgIpc) is 3.23. The quantitative estimate of drug-likeness (QED) is 0.427. The molecule has 3 rings (SSSR count). The van der Waals surface area contributed by atoms with Gasteiger partial charge in [-0.05, 0) is 73.4 Å². The Labute approximate surface area is 210 Å². The lowest BCUT2D eigenvalue weighted by atomic mass is 10.0. The van der Waals surface area contributed by atoms with E-state index in [9.17, 15) is 5.11 Å². The van der Waals surface area contributed by atoms with E-state index in [2.05, 4.69) is 0 Å². The molecule has 0 spiro atoms. The van der Waals surface area contributed by atoms with Gasteiger partial charge in [0.2, 0.25) is 0 Å². The molecule has 8 nitrogen and oxygen atoms in total. The summed E-state index contributed by atoms with van der Waals surface area (Å²) < 4.78 is 36.6.